The lowest BCUT2D eigenvalue weighted by Gasteiger charge is -2.40. The van der Waals surface area contributed by atoms with E-state index in [4.69, 9.17) is 17.0 Å². The molecule has 1 fully saturated rings. The Kier molecular flexibility index (Phi) is 7.76. The van der Waals surface area contributed by atoms with Crippen molar-refractivity contribution in [1.82, 2.24) is 9.62 Å². The smallest absolute Gasteiger partial charge is 0.406 e. The summed E-state index contributed by atoms with van der Waals surface area (Å²) in [5.41, 5.74) is 1.39. The second-order valence-corrected chi connectivity index (χ2v) is 8.57. The van der Waals surface area contributed by atoms with Crippen molar-refractivity contribution in [1.29, 1.82) is 5.41 Å². The Morgan fingerprint density at radius 1 is 1.24 bits per heavy atom. The van der Waals surface area contributed by atoms with Crippen LogP contribution in [0, 0.1) is 11.2 Å². The molecule has 178 valence electrons. The van der Waals surface area contributed by atoms with E-state index < -0.39 is 18.1 Å². The highest BCUT2D eigenvalue weighted by atomic mass is 35.5. The van der Waals surface area contributed by atoms with Gasteiger partial charge in [-0.2, -0.15) is 0 Å². The first-order chi connectivity index (χ1) is 15.4. The number of carbonyl (C=O) groups excluding carboxylic acids is 1. The van der Waals surface area contributed by atoms with Gasteiger partial charge in [0.2, 0.25) is 0 Å². The van der Waals surface area contributed by atoms with Crippen LogP contribution in [0.4, 0.5) is 23.2 Å². The van der Waals surface area contributed by atoms with Crippen LogP contribution in [0.1, 0.15) is 28.4 Å². The third-order valence-corrected chi connectivity index (χ3v) is 5.45. The highest BCUT2D eigenvalue weighted by Gasteiger charge is 2.32. The van der Waals surface area contributed by atoms with Gasteiger partial charge in [-0.05, 0) is 42.8 Å². The summed E-state index contributed by atoms with van der Waals surface area (Å²) in [5.74, 6) is -1.67. The molecule has 0 spiro atoms. The monoisotopic (exact) mass is 504 g/mol. The largest absolute Gasteiger partial charge is 0.573 e. The van der Waals surface area contributed by atoms with Gasteiger partial charge < -0.3 is 15.5 Å². The number of likely N-dealkylation sites (tertiary alicyclic amines) is 1. The Balaban J connectivity index is 1.65. The zero-order valence-electron chi connectivity index (χ0n) is 17.6. The molecule has 0 unspecified atom stereocenters. The molecule has 0 atom stereocenters. The van der Waals surface area contributed by atoms with Gasteiger partial charge in [-0.15, -0.1) is 13.2 Å². The second kappa shape index (κ2) is 10.2. The molecule has 2 aromatic carbocycles. The first-order valence-electron chi connectivity index (χ1n) is 9.71. The predicted molar refractivity (Wildman–Crippen MR) is 121 cm³/mol. The molecule has 1 aliphatic rings. The summed E-state index contributed by atoms with van der Waals surface area (Å²) in [7, 11) is 0. The molecule has 1 saturated heterocycles. The quantitative estimate of drug-likeness (QED) is 0.266. The minimum Gasteiger partial charge on any atom is -0.406 e. The number of nitrogens with zero attached hydrogens (tertiary/aromatic N) is 1. The number of rotatable bonds is 8. The average molecular weight is 505 g/mol. The highest BCUT2D eigenvalue weighted by Crippen LogP contribution is 2.29. The fourth-order valence-corrected chi connectivity index (χ4v) is 4.04. The number of ether oxygens (including phenoxy) is 1. The third-order valence-electron chi connectivity index (χ3n) is 4.84. The minimum atomic E-state index is -4.81. The van der Waals surface area contributed by atoms with Crippen LogP contribution in [-0.2, 0) is 6.54 Å². The average Bonchev–Trinajstić information content (AvgIpc) is 2.64. The SMILES string of the molecule is CSNC(=O)c1cc(C(C)=N)c(NC2CN(Cc3cc(Cl)cc(OC(F)(F)F)c3)C2)cc1F. The van der Waals surface area contributed by atoms with Crippen molar-refractivity contribution in [2.24, 2.45) is 0 Å². The molecule has 0 aromatic heterocycles. The molecule has 0 saturated carbocycles. The molecule has 1 heterocycles. The van der Waals surface area contributed by atoms with E-state index in [0.29, 0.717) is 36.4 Å². The number of benzene rings is 2. The van der Waals surface area contributed by atoms with Crippen LogP contribution < -0.4 is 14.8 Å². The number of amides is 1. The summed E-state index contributed by atoms with van der Waals surface area (Å²) < 4.78 is 58.3. The Morgan fingerprint density at radius 2 is 1.94 bits per heavy atom. The number of hydrogen-bond donors (Lipinski definition) is 3. The maximum Gasteiger partial charge on any atom is 0.573 e. The molecule has 0 bridgehead atoms. The van der Waals surface area contributed by atoms with Gasteiger partial charge in [-0.25, -0.2) is 4.39 Å². The molecule has 1 amide bonds. The number of halogens is 5. The lowest BCUT2D eigenvalue weighted by molar-refractivity contribution is -0.274. The van der Waals surface area contributed by atoms with Gasteiger partial charge in [0.25, 0.3) is 5.91 Å². The molecule has 3 rings (SSSR count). The van der Waals surface area contributed by atoms with Crippen LogP contribution in [-0.4, -0.2) is 48.3 Å². The fourth-order valence-electron chi connectivity index (χ4n) is 3.50. The molecule has 33 heavy (non-hydrogen) atoms. The summed E-state index contributed by atoms with van der Waals surface area (Å²) in [6.45, 7) is 2.97. The molecule has 3 N–H and O–H groups in total. The van der Waals surface area contributed by atoms with E-state index in [1.54, 1.807) is 19.2 Å². The number of anilines is 1. The van der Waals surface area contributed by atoms with Crippen molar-refractivity contribution in [3.63, 3.8) is 0 Å². The summed E-state index contributed by atoms with van der Waals surface area (Å²) in [4.78, 5) is 14.0. The maximum absolute atomic E-state index is 14.5. The Morgan fingerprint density at radius 3 is 2.55 bits per heavy atom. The first-order valence-corrected chi connectivity index (χ1v) is 11.3. The van der Waals surface area contributed by atoms with Crippen molar-refractivity contribution in [2.75, 3.05) is 24.7 Å². The number of alkyl halides is 3. The van der Waals surface area contributed by atoms with Crippen molar-refractivity contribution in [3.8, 4) is 5.75 Å². The van der Waals surface area contributed by atoms with E-state index in [0.717, 1.165) is 18.0 Å². The molecular weight excluding hydrogens is 484 g/mol. The van der Waals surface area contributed by atoms with E-state index in [2.05, 4.69) is 14.8 Å². The topological polar surface area (TPSA) is 77.5 Å². The zero-order valence-corrected chi connectivity index (χ0v) is 19.2. The summed E-state index contributed by atoms with van der Waals surface area (Å²) in [6.07, 6.45) is -3.16. The molecule has 12 heteroatoms. The molecular formula is C21H21ClF4N4O2S. The Bertz CT molecular complexity index is 1060. The third kappa shape index (κ3) is 6.75. The van der Waals surface area contributed by atoms with Gasteiger partial charge in [0, 0.05) is 47.9 Å². The predicted octanol–water partition coefficient (Wildman–Crippen LogP) is 5.07. The summed E-state index contributed by atoms with van der Waals surface area (Å²) in [5, 5.41) is 11.3. The number of carbonyl (C=O) groups is 1. The summed E-state index contributed by atoms with van der Waals surface area (Å²) >= 11 is 6.96. The van der Waals surface area contributed by atoms with Crippen molar-refractivity contribution in [2.45, 2.75) is 25.9 Å². The maximum atomic E-state index is 14.5. The molecule has 0 aliphatic carbocycles. The van der Waals surface area contributed by atoms with Crippen molar-refractivity contribution >= 4 is 40.9 Å². The van der Waals surface area contributed by atoms with E-state index in [9.17, 15) is 22.4 Å². The molecule has 6 nitrogen and oxygen atoms in total. The van der Waals surface area contributed by atoms with Crippen LogP contribution in [0.3, 0.4) is 0 Å². The lowest BCUT2D eigenvalue weighted by atomic mass is 10.0. The van der Waals surface area contributed by atoms with Gasteiger partial charge in [0.15, 0.2) is 0 Å². The molecule has 2 aromatic rings. The van der Waals surface area contributed by atoms with E-state index in [1.165, 1.54) is 18.2 Å². The minimum absolute atomic E-state index is 0.0709. The highest BCUT2D eigenvalue weighted by molar-refractivity contribution is 7.97. The van der Waals surface area contributed by atoms with Crippen LogP contribution in [0.15, 0.2) is 30.3 Å². The van der Waals surface area contributed by atoms with Crippen LogP contribution in [0.2, 0.25) is 5.02 Å². The van der Waals surface area contributed by atoms with Crippen LogP contribution in [0.25, 0.3) is 0 Å². The van der Waals surface area contributed by atoms with Crippen molar-refractivity contribution < 1.29 is 27.1 Å². The number of nitrogens with one attached hydrogen (secondary N) is 3. The van der Waals surface area contributed by atoms with E-state index in [-0.39, 0.29) is 28.1 Å². The summed E-state index contributed by atoms with van der Waals surface area (Å²) in [6, 6.07) is 6.41. The zero-order chi connectivity index (χ0) is 24.3. The fraction of sp³-hybridized carbons (Fsp3) is 0.333. The number of hydrogen-bond acceptors (Lipinski definition) is 6. The van der Waals surface area contributed by atoms with E-state index in [1.807, 2.05) is 4.90 Å². The first kappa shape index (κ1) is 25.1. The van der Waals surface area contributed by atoms with Crippen LogP contribution >= 0.6 is 23.5 Å². The van der Waals surface area contributed by atoms with Gasteiger partial charge in [0.1, 0.15) is 11.6 Å². The normalized spacial score (nSPS) is 14.5. The van der Waals surface area contributed by atoms with Gasteiger partial charge in [0.05, 0.1) is 11.6 Å². The van der Waals surface area contributed by atoms with Gasteiger partial charge >= 0.3 is 6.36 Å². The Hall–Kier alpha value is -2.50. The van der Waals surface area contributed by atoms with Gasteiger partial charge in [-0.3, -0.25) is 14.4 Å². The molecule has 1 aliphatic heterocycles. The lowest BCUT2D eigenvalue weighted by Crippen LogP contribution is -2.54. The standard InChI is InChI=1S/C21H21ClF4N4O2S/c1-11(27)16-6-17(20(31)29-33-2)18(23)7-19(16)28-14-9-30(10-14)8-12-3-13(22)5-15(4-12)32-21(24,25)26/h3-7,14,27-28H,8-10H2,1-2H3,(H,29,31). The Labute approximate surface area is 197 Å². The van der Waals surface area contributed by atoms with Gasteiger partial charge in [-0.1, -0.05) is 23.5 Å². The second-order valence-electron chi connectivity index (χ2n) is 7.52. The van der Waals surface area contributed by atoms with Crippen molar-refractivity contribution in [3.05, 3.63) is 57.9 Å². The van der Waals surface area contributed by atoms with Crippen LogP contribution in [0.5, 0.6) is 5.75 Å². The molecule has 0 radical (unpaired) electrons. The van der Waals surface area contributed by atoms with E-state index >= 15 is 0 Å².